The Kier molecular flexibility index (Phi) is 3.88. The van der Waals surface area contributed by atoms with Crippen molar-refractivity contribution >= 4 is 0 Å². The lowest BCUT2D eigenvalue weighted by atomic mass is 10.1. The molecule has 0 saturated carbocycles. The number of nitrogens with two attached hydrogens (primary N) is 1. The van der Waals surface area contributed by atoms with Crippen LogP contribution in [0.1, 0.15) is 11.1 Å². The summed E-state index contributed by atoms with van der Waals surface area (Å²) >= 11 is 0. The minimum atomic E-state index is -0.194. The predicted octanol–water partition coefficient (Wildman–Crippen LogP) is 1.12. The summed E-state index contributed by atoms with van der Waals surface area (Å²) in [5.41, 5.74) is 7.65. The van der Waals surface area contributed by atoms with Crippen molar-refractivity contribution in [3.8, 4) is 0 Å². The van der Waals surface area contributed by atoms with Gasteiger partial charge in [-0.05, 0) is 23.3 Å². The molecule has 3 nitrogen and oxygen atoms in total. The van der Waals surface area contributed by atoms with Crippen LogP contribution in [-0.2, 0) is 17.8 Å². The Morgan fingerprint density at radius 2 is 2.00 bits per heavy atom. The molecule has 0 atom stereocenters. The zero-order chi connectivity index (χ0) is 11.4. The van der Waals surface area contributed by atoms with Crippen LogP contribution in [0, 0.1) is 5.82 Å². The van der Waals surface area contributed by atoms with Gasteiger partial charge in [0.15, 0.2) is 0 Å². The van der Waals surface area contributed by atoms with Crippen molar-refractivity contribution in [2.24, 2.45) is 5.73 Å². The first-order chi connectivity index (χ1) is 7.79. The minimum Gasteiger partial charge on any atom is -0.379 e. The van der Waals surface area contributed by atoms with Gasteiger partial charge in [0, 0.05) is 26.2 Å². The molecule has 1 aliphatic rings. The first-order valence-electron chi connectivity index (χ1n) is 5.57. The summed E-state index contributed by atoms with van der Waals surface area (Å²) in [5, 5.41) is 0. The predicted molar refractivity (Wildman–Crippen MR) is 60.4 cm³/mol. The Morgan fingerprint density at radius 1 is 1.25 bits per heavy atom. The van der Waals surface area contributed by atoms with Gasteiger partial charge in [-0.2, -0.15) is 0 Å². The van der Waals surface area contributed by atoms with E-state index in [1.807, 2.05) is 0 Å². The molecule has 2 N–H and O–H groups in total. The summed E-state index contributed by atoms with van der Waals surface area (Å²) in [4.78, 5) is 2.26. The standard InChI is InChI=1S/C12H17FN2O/c13-12-2-1-10(8-14)11(7-12)9-15-3-5-16-6-4-15/h1-2,7H,3-6,8-9,14H2. The smallest absolute Gasteiger partial charge is 0.123 e. The van der Waals surface area contributed by atoms with E-state index in [9.17, 15) is 4.39 Å². The molecule has 1 fully saturated rings. The monoisotopic (exact) mass is 224 g/mol. The van der Waals surface area contributed by atoms with Crippen LogP contribution in [0.15, 0.2) is 18.2 Å². The van der Waals surface area contributed by atoms with Crippen LogP contribution in [0.3, 0.4) is 0 Å². The number of benzene rings is 1. The van der Waals surface area contributed by atoms with Crippen molar-refractivity contribution in [2.45, 2.75) is 13.1 Å². The van der Waals surface area contributed by atoms with E-state index in [4.69, 9.17) is 10.5 Å². The molecular weight excluding hydrogens is 207 g/mol. The largest absolute Gasteiger partial charge is 0.379 e. The van der Waals surface area contributed by atoms with Gasteiger partial charge in [0.1, 0.15) is 5.82 Å². The molecule has 1 aliphatic heterocycles. The summed E-state index contributed by atoms with van der Waals surface area (Å²) in [6, 6.07) is 4.81. The molecule has 0 spiro atoms. The van der Waals surface area contributed by atoms with Crippen molar-refractivity contribution in [2.75, 3.05) is 26.3 Å². The highest BCUT2D eigenvalue weighted by molar-refractivity contribution is 5.27. The van der Waals surface area contributed by atoms with Crippen LogP contribution >= 0.6 is 0 Å². The average molecular weight is 224 g/mol. The fraction of sp³-hybridized carbons (Fsp3) is 0.500. The lowest BCUT2D eigenvalue weighted by molar-refractivity contribution is 0.0340. The number of rotatable bonds is 3. The molecule has 4 heteroatoms. The molecule has 0 radical (unpaired) electrons. The molecule has 1 aromatic carbocycles. The topological polar surface area (TPSA) is 38.5 Å². The van der Waals surface area contributed by atoms with Crippen molar-refractivity contribution in [1.29, 1.82) is 0 Å². The Labute approximate surface area is 95.0 Å². The Hall–Kier alpha value is -0.970. The van der Waals surface area contributed by atoms with Gasteiger partial charge in [-0.3, -0.25) is 4.90 Å². The third kappa shape index (κ3) is 2.78. The van der Waals surface area contributed by atoms with E-state index in [2.05, 4.69) is 4.90 Å². The van der Waals surface area contributed by atoms with E-state index in [1.165, 1.54) is 6.07 Å². The SMILES string of the molecule is NCc1ccc(F)cc1CN1CCOCC1. The van der Waals surface area contributed by atoms with Crippen LogP contribution in [0.4, 0.5) is 4.39 Å². The number of ether oxygens (including phenoxy) is 1. The van der Waals surface area contributed by atoms with Crippen LogP contribution in [0.2, 0.25) is 0 Å². The third-order valence-electron chi connectivity index (χ3n) is 2.89. The van der Waals surface area contributed by atoms with Crippen molar-refractivity contribution < 1.29 is 9.13 Å². The summed E-state index contributed by atoms with van der Waals surface area (Å²) in [7, 11) is 0. The Balaban J connectivity index is 2.09. The van der Waals surface area contributed by atoms with Gasteiger partial charge in [0.05, 0.1) is 13.2 Å². The number of hydrogen-bond acceptors (Lipinski definition) is 3. The Bertz CT molecular complexity index is 351. The highest BCUT2D eigenvalue weighted by Gasteiger charge is 2.12. The fourth-order valence-electron chi connectivity index (χ4n) is 1.94. The van der Waals surface area contributed by atoms with Crippen molar-refractivity contribution in [3.63, 3.8) is 0 Å². The molecular formula is C12H17FN2O. The van der Waals surface area contributed by atoms with E-state index in [0.29, 0.717) is 6.54 Å². The van der Waals surface area contributed by atoms with Gasteiger partial charge in [-0.15, -0.1) is 0 Å². The zero-order valence-corrected chi connectivity index (χ0v) is 9.29. The molecule has 1 heterocycles. The van der Waals surface area contributed by atoms with Crippen LogP contribution < -0.4 is 5.73 Å². The number of morpholine rings is 1. The van der Waals surface area contributed by atoms with E-state index in [0.717, 1.165) is 44.0 Å². The normalized spacial score (nSPS) is 17.6. The quantitative estimate of drug-likeness (QED) is 0.836. The second-order valence-corrected chi connectivity index (χ2v) is 4.01. The average Bonchev–Trinajstić information content (AvgIpc) is 2.31. The lowest BCUT2D eigenvalue weighted by Gasteiger charge is -2.27. The molecule has 16 heavy (non-hydrogen) atoms. The van der Waals surface area contributed by atoms with Gasteiger partial charge < -0.3 is 10.5 Å². The van der Waals surface area contributed by atoms with Crippen LogP contribution in [0.5, 0.6) is 0 Å². The van der Waals surface area contributed by atoms with E-state index in [-0.39, 0.29) is 5.82 Å². The summed E-state index contributed by atoms with van der Waals surface area (Å²) < 4.78 is 18.4. The van der Waals surface area contributed by atoms with Crippen LogP contribution in [0.25, 0.3) is 0 Å². The first-order valence-corrected chi connectivity index (χ1v) is 5.57. The fourth-order valence-corrected chi connectivity index (χ4v) is 1.94. The first kappa shape index (κ1) is 11.5. The van der Waals surface area contributed by atoms with E-state index in [1.54, 1.807) is 12.1 Å². The summed E-state index contributed by atoms with van der Waals surface area (Å²) in [6.07, 6.45) is 0. The highest BCUT2D eigenvalue weighted by Crippen LogP contribution is 2.14. The molecule has 0 unspecified atom stereocenters. The maximum absolute atomic E-state index is 13.2. The van der Waals surface area contributed by atoms with Crippen molar-refractivity contribution in [1.82, 2.24) is 4.90 Å². The second-order valence-electron chi connectivity index (χ2n) is 4.01. The molecule has 0 aliphatic carbocycles. The third-order valence-corrected chi connectivity index (χ3v) is 2.89. The second kappa shape index (κ2) is 5.39. The molecule has 1 aromatic rings. The molecule has 2 rings (SSSR count). The van der Waals surface area contributed by atoms with Crippen LogP contribution in [-0.4, -0.2) is 31.2 Å². The van der Waals surface area contributed by atoms with E-state index >= 15 is 0 Å². The summed E-state index contributed by atoms with van der Waals surface area (Å²) in [6.45, 7) is 4.54. The molecule has 88 valence electrons. The minimum absolute atomic E-state index is 0.194. The number of nitrogens with zero attached hydrogens (tertiary/aromatic N) is 1. The number of halogens is 1. The highest BCUT2D eigenvalue weighted by atomic mass is 19.1. The molecule has 0 amide bonds. The van der Waals surface area contributed by atoms with Gasteiger partial charge in [-0.1, -0.05) is 6.07 Å². The molecule has 1 saturated heterocycles. The Morgan fingerprint density at radius 3 is 2.69 bits per heavy atom. The lowest BCUT2D eigenvalue weighted by Crippen LogP contribution is -2.36. The number of hydrogen-bond donors (Lipinski definition) is 1. The van der Waals surface area contributed by atoms with Crippen molar-refractivity contribution in [3.05, 3.63) is 35.1 Å². The molecule has 0 bridgehead atoms. The maximum atomic E-state index is 13.2. The van der Waals surface area contributed by atoms with Gasteiger partial charge in [0.25, 0.3) is 0 Å². The van der Waals surface area contributed by atoms with Gasteiger partial charge in [0.2, 0.25) is 0 Å². The zero-order valence-electron chi connectivity index (χ0n) is 9.29. The van der Waals surface area contributed by atoms with Gasteiger partial charge in [-0.25, -0.2) is 4.39 Å². The summed E-state index contributed by atoms with van der Waals surface area (Å²) in [5.74, 6) is -0.194. The molecule has 0 aromatic heterocycles. The maximum Gasteiger partial charge on any atom is 0.123 e. The van der Waals surface area contributed by atoms with E-state index < -0.39 is 0 Å². The van der Waals surface area contributed by atoms with Gasteiger partial charge >= 0.3 is 0 Å².